The molecule has 0 saturated carbocycles. The lowest BCUT2D eigenvalue weighted by Gasteiger charge is -2.25. The van der Waals surface area contributed by atoms with Crippen LogP contribution in [0.1, 0.15) is 22.7 Å². The molecule has 0 radical (unpaired) electrons. The predicted octanol–water partition coefficient (Wildman–Crippen LogP) is 6.47. The Kier molecular flexibility index (Phi) is 6.85. The molecule has 4 aromatic rings. The van der Waals surface area contributed by atoms with Gasteiger partial charge in [0.2, 0.25) is 0 Å². The number of carbonyl (C=O) groups excluding carboxylic acids is 2. The average Bonchev–Trinajstić information content (AvgIpc) is 3.19. The second-order valence-electron chi connectivity index (χ2n) is 8.71. The summed E-state index contributed by atoms with van der Waals surface area (Å²) in [7, 11) is 1.48. The molecule has 1 saturated heterocycles. The minimum absolute atomic E-state index is 0.0989. The first kappa shape index (κ1) is 25.0. The number of pyridine rings is 1. The molecule has 1 aliphatic rings. The van der Waals surface area contributed by atoms with Crippen molar-refractivity contribution in [3.8, 4) is 17.2 Å². The fourth-order valence-electron chi connectivity index (χ4n) is 4.40. The second-order valence-corrected chi connectivity index (χ2v) is 9.12. The van der Waals surface area contributed by atoms with Crippen molar-refractivity contribution >= 4 is 34.7 Å². The molecule has 0 aliphatic carbocycles. The van der Waals surface area contributed by atoms with E-state index in [9.17, 15) is 14.7 Å². The normalized spacial score (nSPS) is 16.5. The maximum atomic E-state index is 13.4. The SMILES string of the molecule is COc1ccc(Cl)c(/C(O)=C2\C(=O)C(=O)N(c3ccc(Oc4cccc(C)c4)cc3)C2c2cccnc2)c1. The van der Waals surface area contributed by atoms with E-state index in [1.807, 2.05) is 31.2 Å². The highest BCUT2D eigenvalue weighted by atomic mass is 35.5. The summed E-state index contributed by atoms with van der Waals surface area (Å²) in [6, 6.07) is 21.7. The Balaban J connectivity index is 1.59. The average molecular weight is 527 g/mol. The van der Waals surface area contributed by atoms with Gasteiger partial charge in [-0.3, -0.25) is 19.5 Å². The van der Waals surface area contributed by atoms with E-state index >= 15 is 0 Å². The van der Waals surface area contributed by atoms with Crippen LogP contribution in [0.4, 0.5) is 5.69 Å². The van der Waals surface area contributed by atoms with Crippen LogP contribution in [0.5, 0.6) is 17.2 Å². The molecule has 1 atom stereocenters. The largest absolute Gasteiger partial charge is 0.507 e. The summed E-state index contributed by atoms with van der Waals surface area (Å²) in [4.78, 5) is 32.3. The zero-order chi connectivity index (χ0) is 26.8. The van der Waals surface area contributed by atoms with Gasteiger partial charge in [0.1, 0.15) is 23.0 Å². The van der Waals surface area contributed by atoms with Crippen molar-refractivity contribution in [1.29, 1.82) is 0 Å². The van der Waals surface area contributed by atoms with Crippen LogP contribution in [0.15, 0.2) is 96.8 Å². The van der Waals surface area contributed by atoms with Gasteiger partial charge in [-0.05, 0) is 78.7 Å². The fourth-order valence-corrected chi connectivity index (χ4v) is 4.61. The Morgan fingerprint density at radius 1 is 0.947 bits per heavy atom. The molecule has 0 spiro atoms. The van der Waals surface area contributed by atoms with Crippen LogP contribution >= 0.6 is 11.6 Å². The van der Waals surface area contributed by atoms with Gasteiger partial charge in [-0.2, -0.15) is 0 Å². The molecule has 3 aromatic carbocycles. The number of Topliss-reactive ketones (excluding diaryl/α,β-unsaturated/α-hetero) is 1. The lowest BCUT2D eigenvalue weighted by Crippen LogP contribution is -2.29. The Bertz CT molecular complexity index is 1550. The number of halogens is 1. The number of benzene rings is 3. The van der Waals surface area contributed by atoms with E-state index < -0.39 is 23.5 Å². The van der Waals surface area contributed by atoms with E-state index in [1.54, 1.807) is 60.9 Å². The van der Waals surface area contributed by atoms with Crippen LogP contribution in [-0.2, 0) is 9.59 Å². The molecule has 1 aliphatic heterocycles. The van der Waals surface area contributed by atoms with Crippen molar-refractivity contribution in [1.82, 2.24) is 4.98 Å². The molecule has 1 aromatic heterocycles. The van der Waals surface area contributed by atoms with Gasteiger partial charge in [-0.25, -0.2) is 0 Å². The maximum Gasteiger partial charge on any atom is 0.300 e. The van der Waals surface area contributed by atoms with Gasteiger partial charge in [-0.1, -0.05) is 29.8 Å². The van der Waals surface area contributed by atoms with Gasteiger partial charge in [-0.15, -0.1) is 0 Å². The van der Waals surface area contributed by atoms with Crippen LogP contribution in [-0.4, -0.2) is 28.9 Å². The van der Waals surface area contributed by atoms with Crippen LogP contribution in [0.25, 0.3) is 5.76 Å². The molecule has 2 heterocycles. The number of ketones is 1. The van der Waals surface area contributed by atoms with Crippen molar-refractivity contribution in [2.24, 2.45) is 0 Å². The van der Waals surface area contributed by atoms with E-state index in [4.69, 9.17) is 21.1 Å². The fraction of sp³-hybridized carbons (Fsp3) is 0.100. The number of methoxy groups -OCH3 is 1. The van der Waals surface area contributed by atoms with Crippen LogP contribution < -0.4 is 14.4 Å². The first-order chi connectivity index (χ1) is 18.4. The Morgan fingerprint density at radius 3 is 2.39 bits per heavy atom. The number of hydrogen-bond acceptors (Lipinski definition) is 6. The number of aromatic nitrogens is 1. The number of ether oxygens (including phenoxy) is 2. The minimum Gasteiger partial charge on any atom is -0.507 e. The van der Waals surface area contributed by atoms with Crippen molar-refractivity contribution in [2.45, 2.75) is 13.0 Å². The summed E-state index contributed by atoms with van der Waals surface area (Å²) in [5.41, 5.74) is 2.15. The number of aliphatic hydroxyl groups excluding tert-OH is 1. The monoisotopic (exact) mass is 526 g/mol. The topological polar surface area (TPSA) is 89.0 Å². The summed E-state index contributed by atoms with van der Waals surface area (Å²) in [5, 5.41) is 11.5. The lowest BCUT2D eigenvalue weighted by molar-refractivity contribution is -0.132. The van der Waals surface area contributed by atoms with Gasteiger partial charge in [0.05, 0.1) is 23.7 Å². The standard InChI is InChI=1S/C30H23ClN2O5/c1-18-5-3-7-23(15-18)38-21-10-8-20(9-11-21)33-27(19-6-4-14-32-17-19)26(29(35)30(33)36)28(34)24-16-22(37-2)12-13-25(24)31/h3-17,27,34H,1-2H3/b28-26+. The van der Waals surface area contributed by atoms with Gasteiger partial charge in [0, 0.05) is 23.6 Å². The number of carbonyl (C=O) groups is 2. The van der Waals surface area contributed by atoms with Crippen molar-refractivity contribution in [3.05, 3.63) is 119 Å². The van der Waals surface area contributed by atoms with Gasteiger partial charge in [0.15, 0.2) is 0 Å². The number of anilines is 1. The molecule has 0 bridgehead atoms. The summed E-state index contributed by atoms with van der Waals surface area (Å²) in [6.45, 7) is 1.98. The zero-order valence-corrected chi connectivity index (χ0v) is 21.3. The second kappa shape index (κ2) is 10.4. The molecular formula is C30H23ClN2O5. The quantitative estimate of drug-likeness (QED) is 0.176. The molecule has 5 rings (SSSR count). The molecule has 38 heavy (non-hydrogen) atoms. The summed E-state index contributed by atoms with van der Waals surface area (Å²) >= 11 is 6.37. The molecular weight excluding hydrogens is 504 g/mol. The van der Waals surface area contributed by atoms with Crippen LogP contribution in [0, 0.1) is 6.92 Å². The van der Waals surface area contributed by atoms with Gasteiger partial charge in [0.25, 0.3) is 11.7 Å². The third-order valence-corrected chi connectivity index (χ3v) is 6.54. The molecule has 1 N–H and O–H groups in total. The minimum atomic E-state index is -0.936. The molecule has 7 nitrogen and oxygen atoms in total. The number of amides is 1. The third kappa shape index (κ3) is 4.71. The number of hydrogen-bond donors (Lipinski definition) is 1. The van der Waals surface area contributed by atoms with Gasteiger partial charge < -0.3 is 14.6 Å². The van der Waals surface area contributed by atoms with E-state index in [1.165, 1.54) is 18.1 Å². The molecule has 1 unspecified atom stereocenters. The number of nitrogens with zero attached hydrogens (tertiary/aromatic N) is 2. The molecule has 1 fully saturated rings. The highest BCUT2D eigenvalue weighted by Gasteiger charge is 2.47. The maximum absolute atomic E-state index is 13.4. The first-order valence-electron chi connectivity index (χ1n) is 11.8. The lowest BCUT2D eigenvalue weighted by atomic mass is 9.96. The van der Waals surface area contributed by atoms with E-state index in [2.05, 4.69) is 4.98 Å². The van der Waals surface area contributed by atoms with Gasteiger partial charge >= 0.3 is 0 Å². The number of rotatable bonds is 6. The summed E-state index contributed by atoms with van der Waals surface area (Å²) < 4.78 is 11.2. The molecule has 190 valence electrons. The van der Waals surface area contributed by atoms with Crippen molar-refractivity contribution < 1.29 is 24.2 Å². The zero-order valence-electron chi connectivity index (χ0n) is 20.6. The highest BCUT2D eigenvalue weighted by Crippen LogP contribution is 2.43. The highest BCUT2D eigenvalue weighted by molar-refractivity contribution is 6.52. The molecule has 8 heteroatoms. The number of aliphatic hydroxyl groups is 1. The van der Waals surface area contributed by atoms with Crippen LogP contribution in [0.3, 0.4) is 0 Å². The van der Waals surface area contributed by atoms with Crippen molar-refractivity contribution in [2.75, 3.05) is 12.0 Å². The predicted molar refractivity (Wildman–Crippen MR) is 145 cm³/mol. The number of aryl methyl sites for hydroxylation is 1. The Hall–Kier alpha value is -4.62. The first-order valence-corrected chi connectivity index (χ1v) is 12.1. The summed E-state index contributed by atoms with van der Waals surface area (Å²) in [5.74, 6) is -0.335. The van der Waals surface area contributed by atoms with E-state index in [0.29, 0.717) is 28.5 Å². The Labute approximate surface area is 224 Å². The smallest absolute Gasteiger partial charge is 0.300 e. The summed E-state index contributed by atoms with van der Waals surface area (Å²) in [6.07, 6.45) is 3.14. The van der Waals surface area contributed by atoms with Crippen molar-refractivity contribution in [3.63, 3.8) is 0 Å². The Morgan fingerprint density at radius 2 is 1.71 bits per heavy atom. The molecule has 1 amide bonds. The third-order valence-electron chi connectivity index (χ3n) is 6.21. The van der Waals surface area contributed by atoms with E-state index in [0.717, 1.165) is 5.56 Å². The van der Waals surface area contributed by atoms with E-state index in [-0.39, 0.29) is 16.2 Å². The van der Waals surface area contributed by atoms with Crippen LogP contribution in [0.2, 0.25) is 5.02 Å².